The van der Waals surface area contributed by atoms with Gasteiger partial charge in [0.2, 0.25) is 15.0 Å². The summed E-state index contributed by atoms with van der Waals surface area (Å²) < 4.78 is 27.3. The van der Waals surface area contributed by atoms with Crippen LogP contribution in [0, 0.1) is 0 Å². The molecule has 1 heterocycles. The van der Waals surface area contributed by atoms with Crippen LogP contribution in [0.1, 0.15) is 22.6 Å². The van der Waals surface area contributed by atoms with Gasteiger partial charge in [-0.1, -0.05) is 0 Å². The van der Waals surface area contributed by atoms with Crippen LogP contribution in [0.4, 0.5) is 0 Å². The molecule has 0 aliphatic rings. The molecule has 8 heteroatoms. The zero-order valence-electron chi connectivity index (χ0n) is 9.56. The number of sulfone groups is 1. The Balaban J connectivity index is 3.02. The molecule has 0 amide bonds. The van der Waals surface area contributed by atoms with Crippen molar-refractivity contribution in [2.45, 2.75) is 18.0 Å². The molecule has 0 aliphatic heterocycles. The third-order valence-corrected chi connectivity index (χ3v) is 2.98. The van der Waals surface area contributed by atoms with Crippen molar-refractivity contribution in [3.05, 3.63) is 11.4 Å². The second-order valence-corrected chi connectivity index (χ2v) is 5.47. The number of H-pyrrole nitrogens is 1. The van der Waals surface area contributed by atoms with E-state index in [0.717, 1.165) is 6.26 Å². The van der Waals surface area contributed by atoms with Crippen molar-refractivity contribution >= 4 is 15.8 Å². The number of aryl methyl sites for hydroxylation is 1. The lowest BCUT2D eigenvalue weighted by Gasteiger charge is -1.98. The van der Waals surface area contributed by atoms with Crippen molar-refractivity contribution in [3.63, 3.8) is 0 Å². The fourth-order valence-electron chi connectivity index (χ4n) is 1.31. The number of imidazole rings is 1. The third-order valence-electron chi connectivity index (χ3n) is 2.09. The summed E-state index contributed by atoms with van der Waals surface area (Å²) in [7, 11) is -2.00. The molecular formula is C9H14N2O5S. The van der Waals surface area contributed by atoms with Crippen molar-refractivity contribution in [2.24, 2.45) is 0 Å². The smallest absolute Gasteiger partial charge is 0.356 e. The van der Waals surface area contributed by atoms with E-state index in [9.17, 15) is 13.2 Å². The molecule has 2 N–H and O–H groups in total. The van der Waals surface area contributed by atoms with Gasteiger partial charge in [-0.25, -0.2) is 18.2 Å². The average Bonchev–Trinajstić information content (AvgIpc) is 2.61. The standard InChI is InChI=1S/C9H14N2O5S/c1-16-5-3-4-6-7(8(12)13)11-9(10-6)17(2,14)15/h3-5H2,1-2H3,(H,10,11)(H,12,13). The van der Waals surface area contributed by atoms with Gasteiger partial charge in [-0.15, -0.1) is 0 Å². The normalized spacial score (nSPS) is 11.6. The number of nitrogens with zero attached hydrogens (tertiary/aromatic N) is 1. The fourth-order valence-corrected chi connectivity index (χ4v) is 1.88. The minimum Gasteiger partial charge on any atom is -0.476 e. The molecule has 96 valence electrons. The van der Waals surface area contributed by atoms with Gasteiger partial charge >= 0.3 is 5.97 Å². The molecule has 0 unspecified atom stereocenters. The number of aromatic nitrogens is 2. The highest BCUT2D eigenvalue weighted by Crippen LogP contribution is 2.12. The molecule has 0 bridgehead atoms. The van der Waals surface area contributed by atoms with Crippen LogP contribution in [-0.4, -0.2) is 49.4 Å². The van der Waals surface area contributed by atoms with E-state index in [0.29, 0.717) is 25.1 Å². The molecular weight excluding hydrogens is 248 g/mol. The van der Waals surface area contributed by atoms with E-state index in [4.69, 9.17) is 9.84 Å². The predicted molar refractivity (Wildman–Crippen MR) is 58.9 cm³/mol. The SMILES string of the molecule is COCCCc1[nH]c(S(C)(=O)=O)nc1C(=O)O. The molecule has 0 spiro atoms. The highest BCUT2D eigenvalue weighted by molar-refractivity contribution is 7.90. The van der Waals surface area contributed by atoms with Gasteiger partial charge in [0.25, 0.3) is 0 Å². The highest BCUT2D eigenvalue weighted by atomic mass is 32.2. The minimum absolute atomic E-state index is 0.249. The molecule has 0 radical (unpaired) electrons. The summed E-state index contributed by atoms with van der Waals surface area (Å²) >= 11 is 0. The summed E-state index contributed by atoms with van der Waals surface area (Å²) in [6.45, 7) is 0.465. The number of nitrogens with one attached hydrogen (secondary N) is 1. The Morgan fingerprint density at radius 3 is 2.65 bits per heavy atom. The molecule has 0 atom stereocenters. The van der Waals surface area contributed by atoms with Crippen molar-refractivity contribution in [2.75, 3.05) is 20.0 Å². The Morgan fingerprint density at radius 1 is 1.53 bits per heavy atom. The van der Waals surface area contributed by atoms with Crippen LogP contribution in [0.2, 0.25) is 0 Å². The number of rotatable bonds is 6. The Hall–Kier alpha value is -1.41. The van der Waals surface area contributed by atoms with Crippen LogP contribution < -0.4 is 0 Å². The summed E-state index contributed by atoms with van der Waals surface area (Å²) in [6.07, 6.45) is 1.93. The summed E-state index contributed by atoms with van der Waals surface area (Å²) in [4.78, 5) is 17.0. The molecule has 0 saturated carbocycles. The summed E-state index contributed by atoms with van der Waals surface area (Å²) in [5.41, 5.74) is 0.0523. The Bertz CT molecular complexity index is 505. The minimum atomic E-state index is -3.53. The number of hydrogen-bond acceptors (Lipinski definition) is 5. The first-order valence-electron chi connectivity index (χ1n) is 4.87. The molecule has 7 nitrogen and oxygen atoms in total. The lowest BCUT2D eigenvalue weighted by Crippen LogP contribution is -2.03. The maximum atomic E-state index is 11.2. The zero-order valence-corrected chi connectivity index (χ0v) is 10.4. The van der Waals surface area contributed by atoms with Gasteiger partial charge in [0.15, 0.2) is 5.69 Å². The largest absolute Gasteiger partial charge is 0.476 e. The van der Waals surface area contributed by atoms with Gasteiger partial charge in [0.05, 0.1) is 5.69 Å². The molecule has 0 saturated heterocycles. The van der Waals surface area contributed by atoms with Crippen LogP contribution in [0.15, 0.2) is 5.16 Å². The molecule has 0 aromatic carbocycles. The van der Waals surface area contributed by atoms with E-state index in [1.807, 2.05) is 0 Å². The highest BCUT2D eigenvalue weighted by Gasteiger charge is 2.21. The Morgan fingerprint density at radius 2 is 2.18 bits per heavy atom. The predicted octanol–water partition coefficient (Wildman–Crippen LogP) is 0.0904. The number of hydrogen-bond donors (Lipinski definition) is 2. The first-order valence-corrected chi connectivity index (χ1v) is 6.76. The van der Waals surface area contributed by atoms with Crippen LogP contribution in [0.5, 0.6) is 0 Å². The van der Waals surface area contributed by atoms with E-state index in [1.54, 1.807) is 0 Å². The first kappa shape index (κ1) is 13.7. The average molecular weight is 262 g/mol. The molecule has 1 aromatic rings. The van der Waals surface area contributed by atoms with Gasteiger partial charge in [-0.05, 0) is 12.8 Å². The lowest BCUT2D eigenvalue weighted by atomic mass is 10.2. The van der Waals surface area contributed by atoms with Crippen LogP contribution >= 0.6 is 0 Å². The van der Waals surface area contributed by atoms with Gasteiger partial charge in [-0.2, -0.15) is 0 Å². The van der Waals surface area contributed by atoms with Crippen LogP contribution in [0.25, 0.3) is 0 Å². The molecule has 0 aliphatic carbocycles. The number of aromatic amines is 1. The van der Waals surface area contributed by atoms with E-state index >= 15 is 0 Å². The fraction of sp³-hybridized carbons (Fsp3) is 0.556. The van der Waals surface area contributed by atoms with Crippen LogP contribution in [-0.2, 0) is 21.0 Å². The summed E-state index contributed by atoms with van der Waals surface area (Å²) in [5.74, 6) is -1.25. The topological polar surface area (TPSA) is 109 Å². The maximum Gasteiger partial charge on any atom is 0.356 e. The van der Waals surface area contributed by atoms with Gasteiger partial charge in [0.1, 0.15) is 0 Å². The quantitative estimate of drug-likeness (QED) is 0.703. The molecule has 1 rings (SSSR count). The zero-order chi connectivity index (χ0) is 13.1. The van der Waals surface area contributed by atoms with Crippen molar-refractivity contribution < 1.29 is 23.1 Å². The molecule has 1 aromatic heterocycles. The van der Waals surface area contributed by atoms with E-state index in [2.05, 4.69) is 9.97 Å². The molecule has 17 heavy (non-hydrogen) atoms. The number of methoxy groups -OCH3 is 1. The van der Waals surface area contributed by atoms with E-state index in [-0.39, 0.29) is 10.9 Å². The van der Waals surface area contributed by atoms with Gasteiger partial charge < -0.3 is 14.8 Å². The third kappa shape index (κ3) is 3.53. The Labute approximate surface area is 98.7 Å². The lowest BCUT2D eigenvalue weighted by molar-refractivity contribution is 0.0689. The number of carboxylic acid groups (broad SMARTS) is 1. The van der Waals surface area contributed by atoms with Crippen molar-refractivity contribution in [1.29, 1.82) is 0 Å². The van der Waals surface area contributed by atoms with Crippen molar-refractivity contribution in [3.8, 4) is 0 Å². The monoisotopic (exact) mass is 262 g/mol. The number of carboxylic acids is 1. The maximum absolute atomic E-state index is 11.2. The second-order valence-electron chi connectivity index (χ2n) is 3.54. The Kier molecular flexibility index (Phi) is 4.24. The second kappa shape index (κ2) is 5.28. The van der Waals surface area contributed by atoms with E-state index < -0.39 is 15.8 Å². The van der Waals surface area contributed by atoms with Crippen LogP contribution in [0.3, 0.4) is 0 Å². The summed E-state index contributed by atoms with van der Waals surface area (Å²) in [6, 6.07) is 0. The van der Waals surface area contributed by atoms with Crippen molar-refractivity contribution in [1.82, 2.24) is 9.97 Å². The number of carbonyl (C=O) groups is 1. The number of ether oxygens (including phenoxy) is 1. The first-order chi connectivity index (χ1) is 7.86. The summed E-state index contributed by atoms with van der Waals surface area (Å²) in [5, 5.41) is 8.58. The van der Waals surface area contributed by atoms with Gasteiger partial charge in [-0.3, -0.25) is 0 Å². The van der Waals surface area contributed by atoms with Gasteiger partial charge in [0, 0.05) is 20.0 Å². The number of aromatic carboxylic acids is 1. The van der Waals surface area contributed by atoms with E-state index in [1.165, 1.54) is 7.11 Å². The molecule has 0 fully saturated rings.